The Hall–Kier alpha value is -1.07. The molecule has 14 heavy (non-hydrogen) atoms. The Bertz CT molecular complexity index is 312. The molecular weight excluding hydrogens is 210 g/mol. The Kier molecular flexibility index (Phi) is 3.13. The van der Waals surface area contributed by atoms with Crippen LogP contribution in [0.3, 0.4) is 0 Å². The van der Waals surface area contributed by atoms with Gasteiger partial charge in [-0.05, 0) is 6.08 Å². The minimum absolute atomic E-state index is 0.107. The molecule has 0 saturated carbocycles. The first-order chi connectivity index (χ1) is 6.55. The van der Waals surface area contributed by atoms with E-state index in [4.69, 9.17) is 21.1 Å². The highest BCUT2D eigenvalue weighted by Gasteiger charge is 2.43. The first kappa shape index (κ1) is 11.0. The van der Waals surface area contributed by atoms with Gasteiger partial charge in [0.2, 0.25) is 0 Å². The lowest BCUT2D eigenvalue weighted by Gasteiger charge is -2.22. The third kappa shape index (κ3) is 1.73. The van der Waals surface area contributed by atoms with Crippen LogP contribution in [-0.4, -0.2) is 24.9 Å². The average Bonchev–Trinajstić information content (AvgIpc) is 2.17. The number of ether oxygens (including phenoxy) is 2. The molecule has 0 saturated heterocycles. The van der Waals surface area contributed by atoms with Crippen LogP contribution in [0, 0.1) is 10.1 Å². The van der Waals surface area contributed by atoms with Crippen molar-refractivity contribution < 1.29 is 14.4 Å². The first-order valence-corrected chi connectivity index (χ1v) is 4.26. The molecule has 0 fully saturated rings. The second-order valence-corrected chi connectivity index (χ2v) is 3.18. The van der Waals surface area contributed by atoms with Crippen LogP contribution in [0.4, 0.5) is 0 Å². The third-order valence-electron chi connectivity index (χ3n) is 2.05. The Morgan fingerprint density at radius 3 is 2.64 bits per heavy atom. The zero-order chi connectivity index (χ0) is 10.8. The topological polar surface area (TPSA) is 61.6 Å². The Balaban J connectivity index is 3.00. The van der Waals surface area contributed by atoms with Crippen molar-refractivity contribution in [1.29, 1.82) is 0 Å². The Morgan fingerprint density at radius 1 is 1.64 bits per heavy atom. The molecule has 0 aliphatic heterocycles. The molecule has 0 amide bonds. The van der Waals surface area contributed by atoms with Crippen LogP contribution in [0.25, 0.3) is 0 Å². The van der Waals surface area contributed by atoms with Crippen LogP contribution in [0.2, 0.25) is 0 Å². The summed E-state index contributed by atoms with van der Waals surface area (Å²) in [5, 5.41) is 10.9. The van der Waals surface area contributed by atoms with Crippen molar-refractivity contribution >= 4 is 11.6 Å². The molecule has 6 heteroatoms. The molecule has 1 rings (SSSR count). The summed E-state index contributed by atoms with van der Waals surface area (Å²) in [5.74, 6) is 0.432. The van der Waals surface area contributed by atoms with Gasteiger partial charge in [-0.2, -0.15) is 0 Å². The SMILES string of the molecule is COC1=CCC(OC)([N+](=O)[O-])C=C1Cl. The predicted molar refractivity (Wildman–Crippen MR) is 50.4 cm³/mol. The predicted octanol–water partition coefficient (Wildman–Crippen LogP) is 1.66. The number of hydrogen-bond acceptors (Lipinski definition) is 4. The van der Waals surface area contributed by atoms with Crippen molar-refractivity contribution in [1.82, 2.24) is 0 Å². The van der Waals surface area contributed by atoms with Gasteiger partial charge in [0.25, 0.3) is 0 Å². The van der Waals surface area contributed by atoms with E-state index in [1.165, 1.54) is 26.4 Å². The van der Waals surface area contributed by atoms with Crippen LogP contribution in [0.5, 0.6) is 0 Å². The van der Waals surface area contributed by atoms with Crippen molar-refractivity contribution in [2.45, 2.75) is 12.1 Å². The van der Waals surface area contributed by atoms with E-state index in [1.807, 2.05) is 0 Å². The fourth-order valence-corrected chi connectivity index (χ4v) is 1.51. The van der Waals surface area contributed by atoms with Crippen LogP contribution < -0.4 is 0 Å². The monoisotopic (exact) mass is 219 g/mol. The molecule has 0 heterocycles. The summed E-state index contributed by atoms with van der Waals surface area (Å²) in [4.78, 5) is 10.2. The van der Waals surface area contributed by atoms with Gasteiger partial charge in [-0.1, -0.05) is 11.6 Å². The number of halogens is 1. The van der Waals surface area contributed by atoms with Crippen LogP contribution in [0.15, 0.2) is 22.9 Å². The van der Waals surface area contributed by atoms with Crippen molar-refractivity contribution in [3.63, 3.8) is 0 Å². The van der Waals surface area contributed by atoms with Crippen LogP contribution >= 0.6 is 11.6 Å². The molecule has 0 spiro atoms. The first-order valence-electron chi connectivity index (χ1n) is 3.88. The van der Waals surface area contributed by atoms with E-state index in [0.717, 1.165) is 0 Å². The lowest BCUT2D eigenvalue weighted by atomic mass is 10.0. The van der Waals surface area contributed by atoms with Gasteiger partial charge in [-0.25, -0.2) is 0 Å². The molecule has 0 aromatic heterocycles. The number of rotatable bonds is 3. The largest absolute Gasteiger partial charge is 0.496 e. The summed E-state index contributed by atoms with van der Waals surface area (Å²) in [6.07, 6.45) is 2.89. The molecule has 0 radical (unpaired) electrons. The van der Waals surface area contributed by atoms with Crippen molar-refractivity contribution in [3.05, 3.63) is 33.1 Å². The van der Waals surface area contributed by atoms with Gasteiger partial charge in [0.05, 0.1) is 23.5 Å². The maximum absolute atomic E-state index is 10.8. The minimum Gasteiger partial charge on any atom is -0.496 e. The highest BCUT2D eigenvalue weighted by Crippen LogP contribution is 2.31. The van der Waals surface area contributed by atoms with E-state index >= 15 is 0 Å². The van der Waals surface area contributed by atoms with Crippen molar-refractivity contribution in [3.8, 4) is 0 Å². The van der Waals surface area contributed by atoms with E-state index in [1.54, 1.807) is 0 Å². The maximum Gasteiger partial charge on any atom is 0.349 e. The normalized spacial score (nSPS) is 26.5. The molecule has 1 unspecified atom stereocenters. The molecule has 0 bridgehead atoms. The number of nitrogens with zero attached hydrogens (tertiary/aromatic N) is 1. The lowest BCUT2D eigenvalue weighted by molar-refractivity contribution is -0.610. The molecule has 0 N–H and O–H groups in total. The van der Waals surface area contributed by atoms with Gasteiger partial charge in [0.15, 0.2) is 0 Å². The number of allylic oxidation sites excluding steroid dienone is 1. The van der Waals surface area contributed by atoms with E-state index in [2.05, 4.69) is 0 Å². The smallest absolute Gasteiger partial charge is 0.349 e. The van der Waals surface area contributed by atoms with Crippen molar-refractivity contribution in [2.24, 2.45) is 0 Å². The van der Waals surface area contributed by atoms with Crippen LogP contribution in [0.1, 0.15) is 6.42 Å². The molecule has 1 aliphatic rings. The summed E-state index contributed by atoms with van der Waals surface area (Å²) in [6, 6.07) is 0. The molecule has 0 aromatic carbocycles. The second-order valence-electron chi connectivity index (χ2n) is 2.77. The number of hydrogen-bond donors (Lipinski definition) is 0. The number of nitro groups is 1. The molecule has 1 aliphatic carbocycles. The Morgan fingerprint density at radius 2 is 2.29 bits per heavy atom. The third-order valence-corrected chi connectivity index (χ3v) is 2.35. The molecule has 0 aromatic rings. The number of methoxy groups -OCH3 is 2. The summed E-state index contributed by atoms with van der Waals surface area (Å²) in [7, 11) is 2.73. The minimum atomic E-state index is -1.56. The summed E-state index contributed by atoms with van der Waals surface area (Å²) in [5.41, 5.74) is -1.56. The average molecular weight is 220 g/mol. The van der Waals surface area contributed by atoms with Gasteiger partial charge in [-0.15, -0.1) is 0 Å². The highest BCUT2D eigenvalue weighted by molar-refractivity contribution is 6.31. The van der Waals surface area contributed by atoms with E-state index in [9.17, 15) is 10.1 Å². The molecule has 5 nitrogen and oxygen atoms in total. The quantitative estimate of drug-likeness (QED) is 0.412. The summed E-state index contributed by atoms with van der Waals surface area (Å²) < 4.78 is 9.75. The van der Waals surface area contributed by atoms with E-state index in [-0.39, 0.29) is 11.5 Å². The zero-order valence-electron chi connectivity index (χ0n) is 7.82. The molecular formula is C8H10ClNO4. The van der Waals surface area contributed by atoms with Gasteiger partial charge in [0.1, 0.15) is 5.76 Å². The lowest BCUT2D eigenvalue weighted by Crippen LogP contribution is -2.39. The van der Waals surface area contributed by atoms with Crippen LogP contribution in [-0.2, 0) is 9.47 Å². The molecule has 78 valence electrons. The second kappa shape index (κ2) is 3.98. The zero-order valence-corrected chi connectivity index (χ0v) is 8.58. The molecule has 1 atom stereocenters. The van der Waals surface area contributed by atoms with E-state index < -0.39 is 10.6 Å². The van der Waals surface area contributed by atoms with Gasteiger partial charge >= 0.3 is 5.72 Å². The van der Waals surface area contributed by atoms with E-state index in [0.29, 0.717) is 5.76 Å². The highest BCUT2D eigenvalue weighted by atomic mass is 35.5. The van der Waals surface area contributed by atoms with Gasteiger partial charge in [0, 0.05) is 13.2 Å². The fraction of sp³-hybridized carbons (Fsp3) is 0.500. The van der Waals surface area contributed by atoms with Crippen molar-refractivity contribution in [2.75, 3.05) is 14.2 Å². The van der Waals surface area contributed by atoms with Gasteiger partial charge in [-0.3, -0.25) is 10.1 Å². The Labute approximate surface area is 86.1 Å². The van der Waals surface area contributed by atoms with Gasteiger partial charge < -0.3 is 9.47 Å². The standard InChI is InChI=1S/C8H10ClNO4/c1-13-7-3-4-8(14-2,10(11)12)5-6(7)9/h3,5H,4H2,1-2H3. The fourth-order valence-electron chi connectivity index (χ4n) is 1.19. The maximum atomic E-state index is 10.8. The summed E-state index contributed by atoms with van der Waals surface area (Å²) >= 11 is 5.77. The summed E-state index contributed by atoms with van der Waals surface area (Å²) in [6.45, 7) is 0.